The average molecular weight is 209 g/mol. The van der Waals surface area contributed by atoms with E-state index < -0.39 is 0 Å². The van der Waals surface area contributed by atoms with Gasteiger partial charge in [0.05, 0.1) is 25.1 Å². The molecule has 15 heavy (non-hydrogen) atoms. The van der Waals surface area contributed by atoms with Crippen molar-refractivity contribution in [3.63, 3.8) is 0 Å². The van der Waals surface area contributed by atoms with Crippen molar-refractivity contribution in [2.24, 2.45) is 10.9 Å². The topological polar surface area (TPSA) is 81.8 Å². The third kappa shape index (κ3) is 2.04. The van der Waals surface area contributed by atoms with E-state index in [2.05, 4.69) is 10.0 Å². The van der Waals surface area contributed by atoms with Crippen LogP contribution in [0, 0.1) is 0 Å². The molecule has 0 aromatic carbocycles. The summed E-state index contributed by atoms with van der Waals surface area (Å²) in [6.45, 7) is 3.29. The Labute approximate surface area is 87.7 Å². The quantitative estimate of drug-likeness (QED) is 0.450. The molecule has 2 rings (SSSR count). The highest BCUT2D eigenvalue weighted by Crippen LogP contribution is 2.12. The predicted molar refractivity (Wildman–Crippen MR) is 57.4 cm³/mol. The molecule has 0 aliphatic carbocycles. The lowest BCUT2D eigenvalue weighted by molar-refractivity contribution is 0.122. The Bertz CT molecular complexity index is 394. The number of hydrogen-bond acceptors (Lipinski definition) is 5. The zero-order valence-electron chi connectivity index (χ0n) is 8.47. The van der Waals surface area contributed by atoms with Gasteiger partial charge in [0.15, 0.2) is 5.49 Å². The zero-order valence-corrected chi connectivity index (χ0v) is 8.47. The molecule has 0 amide bonds. The molecule has 0 bridgehead atoms. The summed E-state index contributed by atoms with van der Waals surface area (Å²) in [6.07, 6.45) is 1.82. The second-order valence-electron chi connectivity index (χ2n) is 3.38. The summed E-state index contributed by atoms with van der Waals surface area (Å²) in [5.41, 5.74) is 1.61. The average Bonchev–Trinajstić information content (AvgIpc) is 2.30. The maximum Gasteiger partial charge on any atom is 0.170 e. The van der Waals surface area contributed by atoms with Crippen molar-refractivity contribution in [1.29, 1.82) is 0 Å². The first-order valence-electron chi connectivity index (χ1n) is 4.85. The fraction of sp³-hybridized carbons (Fsp3) is 0.444. The van der Waals surface area contributed by atoms with Crippen molar-refractivity contribution in [2.45, 2.75) is 0 Å². The van der Waals surface area contributed by atoms with Crippen LogP contribution in [0.2, 0.25) is 0 Å². The minimum absolute atomic E-state index is 0.548. The van der Waals surface area contributed by atoms with Crippen LogP contribution in [0.4, 0.5) is 5.69 Å². The van der Waals surface area contributed by atoms with Gasteiger partial charge in [-0.15, -0.1) is 0 Å². The number of nitrogens with two attached hydrogens (primary N) is 2. The highest BCUT2D eigenvalue weighted by molar-refractivity contribution is 5.44. The summed E-state index contributed by atoms with van der Waals surface area (Å²) in [5, 5.41) is 3.55. The largest absolute Gasteiger partial charge is 0.378 e. The SMILES string of the molecule is N/N=c1/ccc(N2CCOCC2)cn1N. The summed E-state index contributed by atoms with van der Waals surface area (Å²) in [7, 11) is 0. The number of aromatic nitrogens is 1. The van der Waals surface area contributed by atoms with Crippen molar-refractivity contribution < 1.29 is 4.74 Å². The van der Waals surface area contributed by atoms with Gasteiger partial charge in [0, 0.05) is 13.1 Å². The Balaban J connectivity index is 2.25. The van der Waals surface area contributed by atoms with Crippen molar-refractivity contribution in [3.05, 3.63) is 23.8 Å². The summed E-state index contributed by atoms with van der Waals surface area (Å²) in [4.78, 5) is 2.22. The van der Waals surface area contributed by atoms with E-state index in [1.807, 2.05) is 12.3 Å². The zero-order chi connectivity index (χ0) is 10.7. The number of hydrogen-bond donors (Lipinski definition) is 2. The van der Waals surface area contributed by atoms with Crippen molar-refractivity contribution >= 4 is 5.69 Å². The van der Waals surface area contributed by atoms with E-state index in [1.54, 1.807) is 6.07 Å². The smallest absolute Gasteiger partial charge is 0.170 e. The summed E-state index contributed by atoms with van der Waals surface area (Å²) in [6, 6.07) is 3.76. The van der Waals surface area contributed by atoms with Gasteiger partial charge < -0.3 is 21.3 Å². The fourth-order valence-corrected chi connectivity index (χ4v) is 1.62. The molecule has 6 heteroatoms. The molecule has 0 radical (unpaired) electrons. The van der Waals surface area contributed by atoms with E-state index in [0.29, 0.717) is 5.49 Å². The fourth-order valence-electron chi connectivity index (χ4n) is 1.62. The first-order valence-corrected chi connectivity index (χ1v) is 4.85. The summed E-state index contributed by atoms with van der Waals surface area (Å²) in [5.74, 6) is 10.9. The van der Waals surface area contributed by atoms with Gasteiger partial charge in [0.2, 0.25) is 0 Å². The number of nitrogen functional groups attached to an aromatic ring is 1. The van der Waals surface area contributed by atoms with Crippen molar-refractivity contribution in [3.8, 4) is 0 Å². The first-order chi connectivity index (χ1) is 7.31. The van der Waals surface area contributed by atoms with Crippen LogP contribution in [0.3, 0.4) is 0 Å². The molecule has 1 aliphatic heterocycles. The molecule has 0 spiro atoms. The molecule has 1 aliphatic rings. The standard InChI is InChI=1S/C9H15N5O/c10-12-9-2-1-8(7-14(9)11)13-3-5-15-6-4-13/h1-2,7H,3-6,10-11H2/b12-9-. The highest BCUT2D eigenvalue weighted by Gasteiger charge is 2.11. The number of ether oxygens (including phenoxy) is 1. The molecule has 0 saturated carbocycles. The van der Waals surface area contributed by atoms with Crippen LogP contribution in [-0.2, 0) is 4.74 Å². The van der Waals surface area contributed by atoms with Gasteiger partial charge in [-0.05, 0) is 12.1 Å². The van der Waals surface area contributed by atoms with Crippen molar-refractivity contribution in [2.75, 3.05) is 37.0 Å². The number of rotatable bonds is 1. The first kappa shape index (κ1) is 9.85. The number of nitrogens with zero attached hydrogens (tertiary/aromatic N) is 3. The second-order valence-corrected chi connectivity index (χ2v) is 3.38. The maximum absolute atomic E-state index is 5.72. The van der Waals surface area contributed by atoms with E-state index in [-0.39, 0.29) is 0 Å². The minimum atomic E-state index is 0.548. The lowest BCUT2D eigenvalue weighted by Crippen LogP contribution is -2.38. The Hall–Kier alpha value is -1.69. The lowest BCUT2D eigenvalue weighted by Gasteiger charge is -2.28. The van der Waals surface area contributed by atoms with Gasteiger partial charge >= 0.3 is 0 Å². The van der Waals surface area contributed by atoms with Crippen LogP contribution in [-0.4, -0.2) is 31.0 Å². The van der Waals surface area contributed by atoms with E-state index in [4.69, 9.17) is 16.4 Å². The summed E-state index contributed by atoms with van der Waals surface area (Å²) >= 11 is 0. The minimum Gasteiger partial charge on any atom is -0.378 e. The number of anilines is 1. The third-order valence-corrected chi connectivity index (χ3v) is 2.45. The van der Waals surface area contributed by atoms with Gasteiger partial charge in [-0.2, -0.15) is 5.10 Å². The van der Waals surface area contributed by atoms with Gasteiger partial charge in [-0.1, -0.05) is 0 Å². The highest BCUT2D eigenvalue weighted by atomic mass is 16.5. The normalized spacial score (nSPS) is 18.1. The number of morpholine rings is 1. The van der Waals surface area contributed by atoms with Crippen LogP contribution >= 0.6 is 0 Å². The second kappa shape index (κ2) is 4.22. The van der Waals surface area contributed by atoms with Gasteiger partial charge in [0.25, 0.3) is 0 Å². The molecule has 1 aromatic heterocycles. The van der Waals surface area contributed by atoms with Crippen LogP contribution in [0.25, 0.3) is 0 Å². The molecule has 2 heterocycles. The van der Waals surface area contributed by atoms with E-state index in [0.717, 1.165) is 32.0 Å². The molecule has 0 atom stereocenters. The van der Waals surface area contributed by atoms with Gasteiger partial charge in [0.1, 0.15) is 0 Å². The number of pyridine rings is 1. The van der Waals surface area contributed by atoms with Crippen molar-refractivity contribution in [1.82, 2.24) is 4.68 Å². The molecule has 1 fully saturated rings. The van der Waals surface area contributed by atoms with E-state index >= 15 is 0 Å². The molecular weight excluding hydrogens is 194 g/mol. The third-order valence-electron chi connectivity index (χ3n) is 2.45. The summed E-state index contributed by atoms with van der Waals surface area (Å²) < 4.78 is 6.70. The monoisotopic (exact) mass is 209 g/mol. The maximum atomic E-state index is 5.72. The molecule has 0 unspecified atom stereocenters. The Kier molecular flexibility index (Phi) is 2.77. The molecule has 4 N–H and O–H groups in total. The molecule has 82 valence electrons. The van der Waals surface area contributed by atoms with Crippen LogP contribution < -0.4 is 22.1 Å². The molecule has 1 saturated heterocycles. The predicted octanol–water partition coefficient (Wildman–Crippen LogP) is -1.19. The van der Waals surface area contributed by atoms with Crippen LogP contribution in [0.15, 0.2) is 23.4 Å². The van der Waals surface area contributed by atoms with Gasteiger partial charge in [-0.3, -0.25) is 0 Å². The lowest BCUT2D eigenvalue weighted by atomic mass is 10.3. The Morgan fingerprint density at radius 3 is 2.60 bits per heavy atom. The van der Waals surface area contributed by atoms with Crippen LogP contribution in [0.5, 0.6) is 0 Å². The molecule has 6 nitrogen and oxygen atoms in total. The van der Waals surface area contributed by atoms with E-state index in [1.165, 1.54) is 4.68 Å². The van der Waals surface area contributed by atoms with Crippen LogP contribution in [0.1, 0.15) is 0 Å². The molecular formula is C9H15N5O. The Morgan fingerprint density at radius 1 is 1.27 bits per heavy atom. The Morgan fingerprint density at radius 2 is 2.00 bits per heavy atom. The van der Waals surface area contributed by atoms with E-state index in [9.17, 15) is 0 Å². The van der Waals surface area contributed by atoms with Gasteiger partial charge in [-0.25, -0.2) is 4.68 Å². The molecule has 1 aromatic rings.